The fourth-order valence-electron chi connectivity index (χ4n) is 4.83. The molecule has 0 unspecified atom stereocenters. The van der Waals surface area contributed by atoms with Crippen molar-refractivity contribution in [2.75, 3.05) is 36.9 Å². The van der Waals surface area contributed by atoms with E-state index in [4.69, 9.17) is 10.1 Å². The molecule has 44 heavy (non-hydrogen) atoms. The lowest BCUT2D eigenvalue weighted by Crippen LogP contribution is -2.28. The summed E-state index contributed by atoms with van der Waals surface area (Å²) >= 11 is 0. The summed E-state index contributed by atoms with van der Waals surface area (Å²) in [7, 11) is 0. The first-order valence-electron chi connectivity index (χ1n) is 14.7. The minimum absolute atomic E-state index is 0. The number of rotatable bonds is 11. The second kappa shape index (κ2) is 14.4. The normalized spacial score (nSPS) is 11.4. The van der Waals surface area contributed by atoms with E-state index >= 15 is 0 Å². The molecular formula is C34H40ClN7O2. The highest BCUT2D eigenvalue weighted by Gasteiger charge is 2.22. The van der Waals surface area contributed by atoms with Gasteiger partial charge in [0.05, 0.1) is 23.4 Å². The van der Waals surface area contributed by atoms with Crippen molar-refractivity contribution in [3.05, 3.63) is 90.8 Å². The lowest BCUT2D eigenvalue weighted by atomic mass is 9.95. The van der Waals surface area contributed by atoms with Crippen LogP contribution < -0.4 is 10.6 Å². The van der Waals surface area contributed by atoms with E-state index in [1.165, 1.54) is 5.56 Å². The van der Waals surface area contributed by atoms with Gasteiger partial charge in [-0.2, -0.15) is 5.10 Å². The van der Waals surface area contributed by atoms with Gasteiger partial charge in [-0.25, -0.2) is 14.5 Å². The van der Waals surface area contributed by atoms with E-state index in [1.54, 1.807) is 6.20 Å². The van der Waals surface area contributed by atoms with Crippen molar-refractivity contribution in [1.29, 1.82) is 0 Å². The van der Waals surface area contributed by atoms with E-state index < -0.39 is 5.41 Å². The number of likely N-dealkylation sites (N-methyl/N-ethyl adjacent to an activating group) is 1. The fourth-order valence-corrected chi connectivity index (χ4v) is 4.83. The molecule has 0 fully saturated rings. The molecule has 0 atom stereocenters. The Balaban J connectivity index is 0.00000442. The summed E-state index contributed by atoms with van der Waals surface area (Å²) in [5, 5.41) is 20.5. The van der Waals surface area contributed by atoms with E-state index in [9.17, 15) is 9.90 Å². The Hall–Kier alpha value is -4.31. The Morgan fingerprint density at radius 2 is 1.77 bits per heavy atom. The van der Waals surface area contributed by atoms with E-state index in [2.05, 4.69) is 39.6 Å². The first-order chi connectivity index (χ1) is 20.7. The third-order valence-corrected chi connectivity index (χ3v) is 7.31. The van der Waals surface area contributed by atoms with Gasteiger partial charge in [-0.05, 0) is 61.0 Å². The summed E-state index contributed by atoms with van der Waals surface area (Å²) in [5.74, 6) is 0.455. The molecule has 9 nitrogen and oxygen atoms in total. The van der Waals surface area contributed by atoms with Crippen LogP contribution in [0.5, 0.6) is 0 Å². The molecule has 230 valence electrons. The van der Waals surface area contributed by atoms with Crippen LogP contribution in [0.3, 0.4) is 0 Å². The van der Waals surface area contributed by atoms with E-state index in [0.29, 0.717) is 12.5 Å². The van der Waals surface area contributed by atoms with Crippen LogP contribution in [0, 0.1) is 5.41 Å². The summed E-state index contributed by atoms with van der Waals surface area (Å²) in [6, 6.07) is 23.9. The number of aliphatic hydroxyl groups excluding tert-OH is 1. The second-order valence-electron chi connectivity index (χ2n) is 11.5. The Bertz CT molecular complexity index is 1700. The maximum Gasteiger partial charge on any atom is 0.229 e. The number of aliphatic hydroxyl groups is 1. The van der Waals surface area contributed by atoms with Crippen LogP contribution in [-0.4, -0.2) is 61.7 Å². The summed E-state index contributed by atoms with van der Waals surface area (Å²) in [4.78, 5) is 24.1. The van der Waals surface area contributed by atoms with Crippen LogP contribution in [-0.2, 0) is 11.2 Å². The molecule has 2 aromatic carbocycles. The van der Waals surface area contributed by atoms with Gasteiger partial charge in [0.2, 0.25) is 11.9 Å². The third-order valence-electron chi connectivity index (χ3n) is 7.31. The largest absolute Gasteiger partial charge is 0.395 e. The zero-order valence-corrected chi connectivity index (χ0v) is 26.4. The van der Waals surface area contributed by atoms with Crippen molar-refractivity contribution in [3.8, 4) is 22.5 Å². The number of nitrogens with one attached hydrogen (secondary N) is 2. The average molecular weight is 614 g/mol. The van der Waals surface area contributed by atoms with E-state index in [1.807, 2.05) is 92.1 Å². The van der Waals surface area contributed by atoms with Gasteiger partial charge < -0.3 is 20.6 Å². The number of carbonyl (C=O) groups is 1. The van der Waals surface area contributed by atoms with Gasteiger partial charge in [-0.15, -0.1) is 12.4 Å². The number of anilines is 3. The van der Waals surface area contributed by atoms with Gasteiger partial charge in [-0.3, -0.25) is 4.79 Å². The van der Waals surface area contributed by atoms with Crippen molar-refractivity contribution < 1.29 is 9.90 Å². The van der Waals surface area contributed by atoms with Gasteiger partial charge >= 0.3 is 0 Å². The van der Waals surface area contributed by atoms with Gasteiger partial charge in [-0.1, -0.05) is 58.0 Å². The van der Waals surface area contributed by atoms with Crippen LogP contribution in [0.4, 0.5) is 17.3 Å². The highest BCUT2D eigenvalue weighted by atomic mass is 35.5. The topological polar surface area (TPSA) is 108 Å². The lowest BCUT2D eigenvalue weighted by molar-refractivity contribution is -0.123. The molecule has 0 saturated carbocycles. The summed E-state index contributed by atoms with van der Waals surface area (Å²) in [5.41, 5.74) is 6.64. The van der Waals surface area contributed by atoms with Gasteiger partial charge in [0.15, 0.2) is 0 Å². The molecule has 1 amide bonds. The molecular weight excluding hydrogens is 574 g/mol. The Kier molecular flexibility index (Phi) is 10.7. The Labute approximate surface area is 264 Å². The minimum atomic E-state index is -0.482. The molecule has 3 aromatic heterocycles. The molecule has 10 heteroatoms. The quantitative estimate of drug-likeness (QED) is 0.157. The zero-order chi connectivity index (χ0) is 30.4. The van der Waals surface area contributed by atoms with Crippen molar-refractivity contribution in [1.82, 2.24) is 24.5 Å². The van der Waals surface area contributed by atoms with Crippen LogP contribution in [0.25, 0.3) is 28.0 Å². The van der Waals surface area contributed by atoms with Crippen LogP contribution in [0.15, 0.2) is 85.2 Å². The maximum absolute atomic E-state index is 12.5. The standard InChI is InChI=1S/C34H39N7O2.ClH/c1-5-40(21-22-42)20-17-24-9-8-10-27(23-24)37-33-35-18-16-28(38-33)30-29-11-6-7-19-41(29)39-31(30)25-12-14-26(15-13-25)36-32(43)34(2,3)4;/h6-16,18-19,23,42H,5,17,20-22H2,1-4H3,(H,36,43)(H,35,37,38);1H. The van der Waals surface area contributed by atoms with Crippen LogP contribution >= 0.6 is 12.4 Å². The fraction of sp³-hybridized carbons (Fsp3) is 0.294. The third kappa shape index (κ3) is 7.79. The van der Waals surface area contributed by atoms with Gasteiger partial charge in [0.1, 0.15) is 5.69 Å². The number of pyridine rings is 1. The number of nitrogens with zero attached hydrogens (tertiary/aromatic N) is 5. The van der Waals surface area contributed by atoms with Crippen LogP contribution in [0.1, 0.15) is 33.3 Å². The number of fused-ring (bicyclic) bond motifs is 1. The van der Waals surface area contributed by atoms with Gasteiger partial charge in [0, 0.05) is 47.8 Å². The summed E-state index contributed by atoms with van der Waals surface area (Å²) in [6.45, 7) is 10.4. The number of halogens is 1. The van der Waals surface area contributed by atoms with Crippen molar-refractivity contribution >= 4 is 41.2 Å². The molecule has 0 saturated heterocycles. The van der Waals surface area contributed by atoms with Gasteiger partial charge in [0.25, 0.3) is 0 Å². The molecule has 0 aliphatic carbocycles. The highest BCUT2D eigenvalue weighted by Crippen LogP contribution is 2.35. The van der Waals surface area contributed by atoms with Crippen molar-refractivity contribution in [2.24, 2.45) is 5.41 Å². The monoisotopic (exact) mass is 613 g/mol. The molecule has 0 aliphatic heterocycles. The average Bonchev–Trinajstić information content (AvgIpc) is 3.39. The smallest absolute Gasteiger partial charge is 0.229 e. The Morgan fingerprint density at radius 1 is 0.977 bits per heavy atom. The molecule has 3 heterocycles. The number of benzene rings is 2. The summed E-state index contributed by atoms with van der Waals surface area (Å²) < 4.78 is 1.86. The number of hydrogen-bond donors (Lipinski definition) is 3. The number of amides is 1. The molecule has 0 radical (unpaired) electrons. The number of carbonyl (C=O) groups excluding carboxylic acids is 1. The van der Waals surface area contributed by atoms with E-state index in [0.717, 1.165) is 58.9 Å². The first-order valence-corrected chi connectivity index (χ1v) is 14.7. The molecule has 3 N–H and O–H groups in total. The highest BCUT2D eigenvalue weighted by molar-refractivity contribution is 5.95. The van der Waals surface area contributed by atoms with Crippen molar-refractivity contribution in [3.63, 3.8) is 0 Å². The SMILES string of the molecule is CCN(CCO)CCc1cccc(Nc2nccc(-c3c(-c4ccc(NC(=O)C(C)(C)C)cc4)nn4ccccc34)n2)c1.Cl. The van der Waals surface area contributed by atoms with Crippen LogP contribution in [0.2, 0.25) is 0 Å². The first kappa shape index (κ1) is 32.6. The minimum Gasteiger partial charge on any atom is -0.395 e. The molecule has 0 bridgehead atoms. The predicted octanol–water partition coefficient (Wildman–Crippen LogP) is 6.47. The Morgan fingerprint density at radius 3 is 2.50 bits per heavy atom. The number of aromatic nitrogens is 4. The molecule has 5 rings (SSSR count). The van der Waals surface area contributed by atoms with E-state index in [-0.39, 0.29) is 24.9 Å². The summed E-state index contributed by atoms with van der Waals surface area (Å²) in [6.07, 6.45) is 4.56. The van der Waals surface area contributed by atoms with Crippen molar-refractivity contribution in [2.45, 2.75) is 34.1 Å². The molecule has 0 spiro atoms. The predicted molar refractivity (Wildman–Crippen MR) is 180 cm³/mol. The maximum atomic E-state index is 12.5. The second-order valence-corrected chi connectivity index (χ2v) is 11.5. The molecule has 5 aromatic rings. The number of hydrogen-bond acceptors (Lipinski definition) is 7. The zero-order valence-electron chi connectivity index (χ0n) is 25.6. The lowest BCUT2D eigenvalue weighted by Gasteiger charge is -2.19. The molecule has 0 aliphatic rings.